The van der Waals surface area contributed by atoms with Crippen LogP contribution < -0.4 is 5.32 Å². The van der Waals surface area contributed by atoms with E-state index in [0.717, 1.165) is 5.56 Å². The van der Waals surface area contributed by atoms with Crippen molar-refractivity contribution in [2.75, 3.05) is 0 Å². The number of halogens is 1. The fraction of sp³-hybridized carbons (Fsp3) is 0.429. The summed E-state index contributed by atoms with van der Waals surface area (Å²) in [5.41, 5.74) is 1.16. The van der Waals surface area contributed by atoms with Gasteiger partial charge in [-0.25, -0.2) is 4.79 Å². The molecule has 5 heteroatoms. The quantitative estimate of drug-likeness (QED) is 0.873. The number of hydrogen-bond donors (Lipinski definition) is 2. The molecule has 1 rings (SSSR count). The molecule has 2 N–H and O–H groups in total. The molecular formula is C14H18ClNO3. The molecule has 104 valence electrons. The van der Waals surface area contributed by atoms with Gasteiger partial charge in [0.2, 0.25) is 0 Å². The number of aryl methyl sites for hydroxylation is 1. The number of hydrogen-bond acceptors (Lipinski definition) is 2. The van der Waals surface area contributed by atoms with Crippen molar-refractivity contribution in [1.82, 2.24) is 5.32 Å². The first-order chi connectivity index (χ1) is 8.86. The van der Waals surface area contributed by atoms with Crippen LogP contribution in [0.5, 0.6) is 0 Å². The van der Waals surface area contributed by atoms with E-state index >= 15 is 0 Å². The molecule has 0 saturated carbocycles. The lowest BCUT2D eigenvalue weighted by molar-refractivity contribution is -0.140. The summed E-state index contributed by atoms with van der Waals surface area (Å²) in [5.74, 6) is -1.57. The summed E-state index contributed by atoms with van der Waals surface area (Å²) in [5, 5.41) is 12.2. The zero-order chi connectivity index (χ0) is 14.6. The highest BCUT2D eigenvalue weighted by molar-refractivity contribution is 6.31. The van der Waals surface area contributed by atoms with Crippen molar-refractivity contribution in [3.8, 4) is 0 Å². The van der Waals surface area contributed by atoms with E-state index in [1.165, 1.54) is 0 Å². The van der Waals surface area contributed by atoms with Crippen molar-refractivity contribution in [1.29, 1.82) is 0 Å². The standard InChI is InChI=1S/C14H18ClNO3/c1-4-8(2)12(14(18)19)16-13(17)11-7-10(15)6-5-9(11)3/h5-8,12H,4H2,1-3H3,(H,16,17)(H,18,19)/t8?,12-/m0/s1. The first-order valence-electron chi connectivity index (χ1n) is 6.16. The van der Waals surface area contributed by atoms with E-state index in [1.54, 1.807) is 32.0 Å². The Morgan fingerprint density at radius 1 is 1.42 bits per heavy atom. The highest BCUT2D eigenvalue weighted by atomic mass is 35.5. The highest BCUT2D eigenvalue weighted by Gasteiger charge is 2.26. The molecule has 2 atom stereocenters. The molecule has 0 fully saturated rings. The molecule has 0 spiro atoms. The fourth-order valence-electron chi connectivity index (χ4n) is 1.74. The van der Waals surface area contributed by atoms with E-state index < -0.39 is 17.9 Å². The van der Waals surface area contributed by atoms with Crippen LogP contribution in [0.4, 0.5) is 0 Å². The summed E-state index contributed by atoms with van der Waals surface area (Å²) in [6.07, 6.45) is 0.672. The molecule has 0 aliphatic carbocycles. The van der Waals surface area contributed by atoms with Gasteiger partial charge in [0.1, 0.15) is 6.04 Å². The number of amides is 1. The number of benzene rings is 1. The SMILES string of the molecule is CCC(C)[C@H](NC(=O)c1cc(Cl)ccc1C)C(=O)O. The maximum Gasteiger partial charge on any atom is 0.326 e. The zero-order valence-electron chi connectivity index (χ0n) is 11.2. The van der Waals surface area contributed by atoms with Crippen LogP contribution in [0.15, 0.2) is 18.2 Å². The minimum absolute atomic E-state index is 0.138. The summed E-state index contributed by atoms with van der Waals surface area (Å²) in [6, 6.07) is 4.07. The average molecular weight is 284 g/mol. The lowest BCUT2D eigenvalue weighted by Gasteiger charge is -2.20. The van der Waals surface area contributed by atoms with Gasteiger partial charge < -0.3 is 10.4 Å². The minimum atomic E-state index is -1.03. The maximum absolute atomic E-state index is 12.1. The normalized spacial score (nSPS) is 13.7. The molecule has 0 aliphatic heterocycles. The van der Waals surface area contributed by atoms with Gasteiger partial charge in [0.05, 0.1) is 0 Å². The number of carbonyl (C=O) groups is 2. The third kappa shape index (κ3) is 3.96. The van der Waals surface area contributed by atoms with E-state index in [-0.39, 0.29) is 5.92 Å². The summed E-state index contributed by atoms with van der Waals surface area (Å²) in [7, 11) is 0. The second-order valence-corrected chi connectivity index (χ2v) is 5.07. The predicted octanol–water partition coefficient (Wildman–Crippen LogP) is 2.88. The number of aliphatic carboxylic acids is 1. The Kier molecular flexibility index (Phi) is 5.36. The monoisotopic (exact) mass is 283 g/mol. The molecule has 0 aliphatic rings. The van der Waals surface area contributed by atoms with Crippen LogP contribution in [-0.4, -0.2) is 23.0 Å². The Balaban J connectivity index is 2.94. The molecule has 0 aromatic heterocycles. The van der Waals surface area contributed by atoms with Crippen molar-refractivity contribution in [2.24, 2.45) is 5.92 Å². The Morgan fingerprint density at radius 3 is 2.58 bits per heavy atom. The molecule has 0 radical (unpaired) electrons. The van der Waals surface area contributed by atoms with Crippen LogP contribution in [0.2, 0.25) is 5.02 Å². The fourth-order valence-corrected chi connectivity index (χ4v) is 1.91. The summed E-state index contributed by atoms with van der Waals surface area (Å²) in [6.45, 7) is 5.46. The van der Waals surface area contributed by atoms with Gasteiger partial charge in [-0.1, -0.05) is 37.9 Å². The van der Waals surface area contributed by atoms with Gasteiger partial charge in [0.25, 0.3) is 5.91 Å². The van der Waals surface area contributed by atoms with Gasteiger partial charge in [-0.2, -0.15) is 0 Å². The molecule has 0 bridgehead atoms. The third-order valence-corrected chi connectivity index (χ3v) is 3.44. The molecule has 0 saturated heterocycles. The van der Waals surface area contributed by atoms with Crippen LogP contribution in [0.3, 0.4) is 0 Å². The first kappa shape index (κ1) is 15.5. The number of rotatable bonds is 5. The van der Waals surface area contributed by atoms with Gasteiger partial charge in [-0.3, -0.25) is 4.79 Å². The topological polar surface area (TPSA) is 66.4 Å². The molecule has 1 amide bonds. The third-order valence-electron chi connectivity index (χ3n) is 3.21. The number of carboxylic acids is 1. The van der Waals surface area contributed by atoms with Gasteiger partial charge in [-0.15, -0.1) is 0 Å². The summed E-state index contributed by atoms with van der Waals surface area (Å²) >= 11 is 5.85. The molecule has 1 aromatic carbocycles. The molecule has 19 heavy (non-hydrogen) atoms. The van der Waals surface area contributed by atoms with Crippen LogP contribution in [0, 0.1) is 12.8 Å². The van der Waals surface area contributed by atoms with Crippen molar-refractivity contribution in [2.45, 2.75) is 33.2 Å². The number of nitrogens with one attached hydrogen (secondary N) is 1. The van der Waals surface area contributed by atoms with Crippen molar-refractivity contribution in [3.63, 3.8) is 0 Å². The number of carbonyl (C=O) groups excluding carboxylic acids is 1. The second kappa shape index (κ2) is 6.57. The van der Waals surface area contributed by atoms with E-state index in [4.69, 9.17) is 16.7 Å². The maximum atomic E-state index is 12.1. The molecule has 4 nitrogen and oxygen atoms in total. The largest absolute Gasteiger partial charge is 0.480 e. The van der Waals surface area contributed by atoms with Gasteiger partial charge in [0, 0.05) is 10.6 Å². The lowest BCUT2D eigenvalue weighted by Crippen LogP contribution is -2.45. The van der Waals surface area contributed by atoms with Crippen molar-refractivity contribution in [3.05, 3.63) is 34.3 Å². The Morgan fingerprint density at radius 2 is 2.05 bits per heavy atom. The van der Waals surface area contributed by atoms with Crippen LogP contribution >= 0.6 is 11.6 Å². The molecule has 1 aromatic rings. The summed E-state index contributed by atoms with van der Waals surface area (Å²) in [4.78, 5) is 23.3. The highest BCUT2D eigenvalue weighted by Crippen LogP contribution is 2.16. The predicted molar refractivity (Wildman–Crippen MR) is 74.5 cm³/mol. The van der Waals surface area contributed by atoms with Crippen LogP contribution in [-0.2, 0) is 4.79 Å². The van der Waals surface area contributed by atoms with E-state index in [9.17, 15) is 9.59 Å². The minimum Gasteiger partial charge on any atom is -0.480 e. The van der Waals surface area contributed by atoms with Gasteiger partial charge >= 0.3 is 5.97 Å². The number of carboxylic acid groups (broad SMARTS) is 1. The zero-order valence-corrected chi connectivity index (χ0v) is 12.0. The van der Waals surface area contributed by atoms with Crippen LogP contribution in [0.1, 0.15) is 36.2 Å². The van der Waals surface area contributed by atoms with Crippen molar-refractivity contribution < 1.29 is 14.7 Å². The van der Waals surface area contributed by atoms with Crippen molar-refractivity contribution >= 4 is 23.5 Å². The van der Waals surface area contributed by atoms with Gasteiger partial charge in [-0.05, 0) is 30.5 Å². The lowest BCUT2D eigenvalue weighted by atomic mass is 9.98. The van der Waals surface area contributed by atoms with E-state index in [2.05, 4.69) is 5.32 Å². The van der Waals surface area contributed by atoms with Gasteiger partial charge in [0.15, 0.2) is 0 Å². The molecule has 0 heterocycles. The Labute approximate surface area is 117 Å². The van der Waals surface area contributed by atoms with E-state index in [0.29, 0.717) is 17.0 Å². The second-order valence-electron chi connectivity index (χ2n) is 4.63. The Hall–Kier alpha value is -1.55. The van der Waals surface area contributed by atoms with Crippen LogP contribution in [0.25, 0.3) is 0 Å². The Bertz CT molecular complexity index is 488. The summed E-state index contributed by atoms with van der Waals surface area (Å²) < 4.78 is 0. The average Bonchev–Trinajstić information content (AvgIpc) is 2.37. The molecular weight excluding hydrogens is 266 g/mol. The molecule has 1 unspecified atom stereocenters. The van der Waals surface area contributed by atoms with E-state index in [1.807, 2.05) is 6.92 Å². The smallest absolute Gasteiger partial charge is 0.326 e. The first-order valence-corrected chi connectivity index (χ1v) is 6.54.